The van der Waals surface area contributed by atoms with E-state index in [9.17, 15) is 24.2 Å². The Morgan fingerprint density at radius 2 is 1.75 bits per heavy atom. The molecule has 2 aromatic rings. The number of hydrogen-bond acceptors (Lipinski definition) is 6. The molecule has 0 bridgehead atoms. The van der Waals surface area contributed by atoms with Crippen LogP contribution in [0, 0.1) is 5.82 Å². The number of phenolic OH excluding ortho intramolecular Hbond substituents is 1. The van der Waals surface area contributed by atoms with Crippen molar-refractivity contribution in [2.75, 3.05) is 20.8 Å². The smallest absolute Gasteiger partial charge is 0.295 e. The molecule has 32 heavy (non-hydrogen) atoms. The molecular formula is C24H26FNO6. The molecule has 1 aliphatic heterocycles. The largest absolute Gasteiger partial charge is 0.507 e. The van der Waals surface area contributed by atoms with Crippen LogP contribution in [-0.2, 0) is 9.59 Å². The van der Waals surface area contributed by atoms with Crippen LogP contribution in [0.1, 0.15) is 43.4 Å². The highest BCUT2D eigenvalue weighted by Crippen LogP contribution is 2.43. The standard InChI is InChI=1S/C24H26FNO6/c1-4-5-6-11-26-21(14-7-9-19(32-3)17(27)12-14)20(23(29)24(26)30)22(28)16-13-15(25)8-10-18(16)31-2/h7-10,12-13,21,27-28H,4-6,11H2,1-3H3/b22-20+. The van der Waals surface area contributed by atoms with Gasteiger partial charge in [-0.3, -0.25) is 9.59 Å². The molecule has 170 valence electrons. The molecule has 1 atom stereocenters. The quantitative estimate of drug-likeness (QED) is 0.275. The van der Waals surface area contributed by atoms with E-state index in [1.165, 1.54) is 37.3 Å². The van der Waals surface area contributed by atoms with Gasteiger partial charge >= 0.3 is 0 Å². The summed E-state index contributed by atoms with van der Waals surface area (Å²) in [6.07, 6.45) is 2.42. The summed E-state index contributed by atoms with van der Waals surface area (Å²) in [4.78, 5) is 27.3. The Labute approximate surface area is 185 Å². The number of Topliss-reactive ketones (excluding diaryl/α,β-unsaturated/α-hetero) is 1. The molecule has 8 heteroatoms. The van der Waals surface area contributed by atoms with Gasteiger partial charge in [0.05, 0.1) is 31.4 Å². The second-order valence-corrected chi connectivity index (χ2v) is 7.48. The molecule has 0 spiro atoms. The first-order chi connectivity index (χ1) is 15.3. The summed E-state index contributed by atoms with van der Waals surface area (Å²) in [5, 5.41) is 21.4. The van der Waals surface area contributed by atoms with E-state index in [0.717, 1.165) is 25.0 Å². The zero-order chi connectivity index (χ0) is 23.4. The molecule has 1 fully saturated rings. The second-order valence-electron chi connectivity index (χ2n) is 7.48. The number of aromatic hydroxyl groups is 1. The van der Waals surface area contributed by atoms with Crippen LogP contribution in [0.3, 0.4) is 0 Å². The Kier molecular flexibility index (Phi) is 7.02. The number of methoxy groups -OCH3 is 2. The van der Waals surface area contributed by atoms with Crippen molar-refractivity contribution in [3.8, 4) is 17.2 Å². The highest BCUT2D eigenvalue weighted by molar-refractivity contribution is 6.46. The fraction of sp³-hybridized carbons (Fsp3) is 0.333. The molecule has 1 unspecified atom stereocenters. The Morgan fingerprint density at radius 3 is 2.38 bits per heavy atom. The maximum atomic E-state index is 13.9. The molecular weight excluding hydrogens is 417 g/mol. The van der Waals surface area contributed by atoms with Crippen molar-refractivity contribution in [2.45, 2.75) is 32.2 Å². The van der Waals surface area contributed by atoms with Crippen molar-refractivity contribution in [2.24, 2.45) is 0 Å². The van der Waals surface area contributed by atoms with E-state index in [4.69, 9.17) is 9.47 Å². The number of ketones is 1. The number of benzene rings is 2. The number of ether oxygens (including phenoxy) is 2. The summed E-state index contributed by atoms with van der Waals surface area (Å²) >= 11 is 0. The summed E-state index contributed by atoms with van der Waals surface area (Å²) in [7, 11) is 2.76. The number of carbonyl (C=O) groups excluding carboxylic acids is 2. The van der Waals surface area contributed by atoms with Crippen LogP contribution in [0.4, 0.5) is 4.39 Å². The minimum Gasteiger partial charge on any atom is -0.507 e. The van der Waals surface area contributed by atoms with Gasteiger partial charge in [0.2, 0.25) is 0 Å². The van der Waals surface area contributed by atoms with Gasteiger partial charge in [-0.15, -0.1) is 0 Å². The van der Waals surface area contributed by atoms with Crippen molar-refractivity contribution < 1.29 is 33.7 Å². The minimum atomic E-state index is -0.961. The third kappa shape index (κ3) is 4.26. The number of aliphatic hydroxyl groups excluding tert-OH is 1. The molecule has 7 nitrogen and oxygen atoms in total. The van der Waals surface area contributed by atoms with Crippen LogP contribution < -0.4 is 9.47 Å². The summed E-state index contributed by atoms with van der Waals surface area (Å²) in [6.45, 7) is 2.30. The number of rotatable bonds is 8. The molecule has 1 aliphatic rings. The van der Waals surface area contributed by atoms with E-state index < -0.39 is 29.3 Å². The monoisotopic (exact) mass is 443 g/mol. The zero-order valence-corrected chi connectivity index (χ0v) is 18.2. The fourth-order valence-electron chi connectivity index (χ4n) is 3.88. The van der Waals surface area contributed by atoms with E-state index in [2.05, 4.69) is 0 Å². The van der Waals surface area contributed by atoms with Gasteiger partial charge < -0.3 is 24.6 Å². The van der Waals surface area contributed by atoms with Crippen molar-refractivity contribution >= 4 is 17.4 Å². The van der Waals surface area contributed by atoms with E-state index >= 15 is 0 Å². The van der Waals surface area contributed by atoms with Gasteiger partial charge in [0.1, 0.15) is 17.3 Å². The number of nitrogens with zero attached hydrogens (tertiary/aromatic N) is 1. The number of carbonyl (C=O) groups is 2. The van der Waals surface area contributed by atoms with Crippen LogP contribution in [0.25, 0.3) is 5.76 Å². The van der Waals surface area contributed by atoms with E-state index in [1.54, 1.807) is 6.07 Å². The van der Waals surface area contributed by atoms with Crippen LogP contribution in [0.2, 0.25) is 0 Å². The minimum absolute atomic E-state index is 0.0400. The molecule has 3 rings (SSSR count). The lowest BCUT2D eigenvalue weighted by Crippen LogP contribution is -2.30. The van der Waals surface area contributed by atoms with Crippen LogP contribution >= 0.6 is 0 Å². The van der Waals surface area contributed by atoms with E-state index in [0.29, 0.717) is 12.0 Å². The molecule has 0 saturated carbocycles. The fourth-order valence-corrected chi connectivity index (χ4v) is 3.88. The van der Waals surface area contributed by atoms with Crippen LogP contribution in [-0.4, -0.2) is 47.6 Å². The van der Waals surface area contributed by atoms with Crippen molar-refractivity contribution in [3.05, 3.63) is 58.9 Å². The number of likely N-dealkylation sites (tertiary alicyclic amines) is 1. The topological polar surface area (TPSA) is 96.3 Å². The highest BCUT2D eigenvalue weighted by atomic mass is 19.1. The Morgan fingerprint density at radius 1 is 1.06 bits per heavy atom. The van der Waals surface area contributed by atoms with E-state index in [-0.39, 0.29) is 34.9 Å². The number of aliphatic hydroxyl groups is 1. The average molecular weight is 443 g/mol. The Balaban J connectivity index is 2.21. The molecule has 2 aromatic carbocycles. The van der Waals surface area contributed by atoms with Crippen LogP contribution in [0.15, 0.2) is 42.0 Å². The number of phenols is 1. The lowest BCUT2D eigenvalue weighted by atomic mass is 9.94. The summed E-state index contributed by atoms with van der Waals surface area (Å²) in [5.41, 5.74) is 0.178. The van der Waals surface area contributed by atoms with Crippen LogP contribution in [0.5, 0.6) is 17.2 Å². The van der Waals surface area contributed by atoms with Gasteiger partial charge in [0.15, 0.2) is 11.5 Å². The number of hydrogen-bond donors (Lipinski definition) is 2. The normalized spacial score (nSPS) is 17.6. The first kappa shape index (κ1) is 23.1. The first-order valence-electron chi connectivity index (χ1n) is 10.3. The third-order valence-electron chi connectivity index (χ3n) is 5.48. The van der Waals surface area contributed by atoms with Crippen molar-refractivity contribution in [1.29, 1.82) is 0 Å². The lowest BCUT2D eigenvalue weighted by molar-refractivity contribution is -0.139. The van der Waals surface area contributed by atoms with Gasteiger partial charge in [-0.05, 0) is 42.3 Å². The van der Waals surface area contributed by atoms with Crippen molar-refractivity contribution in [1.82, 2.24) is 4.90 Å². The Hall–Kier alpha value is -3.55. The predicted molar refractivity (Wildman–Crippen MR) is 116 cm³/mol. The first-order valence-corrected chi connectivity index (χ1v) is 10.3. The zero-order valence-electron chi connectivity index (χ0n) is 18.2. The highest BCUT2D eigenvalue weighted by Gasteiger charge is 2.46. The van der Waals surface area contributed by atoms with Gasteiger partial charge in [-0.1, -0.05) is 25.8 Å². The maximum Gasteiger partial charge on any atom is 0.295 e. The van der Waals surface area contributed by atoms with Gasteiger partial charge in [0, 0.05) is 6.54 Å². The molecule has 0 radical (unpaired) electrons. The third-order valence-corrected chi connectivity index (χ3v) is 5.48. The predicted octanol–water partition coefficient (Wildman–Crippen LogP) is 4.16. The number of halogens is 1. The molecule has 1 amide bonds. The number of amides is 1. The molecule has 0 aromatic heterocycles. The lowest BCUT2D eigenvalue weighted by Gasteiger charge is -2.25. The molecule has 1 saturated heterocycles. The molecule has 1 heterocycles. The summed E-state index contributed by atoms with van der Waals surface area (Å²) < 4.78 is 24.2. The van der Waals surface area contributed by atoms with Gasteiger partial charge in [-0.25, -0.2) is 4.39 Å². The van der Waals surface area contributed by atoms with Gasteiger partial charge in [0.25, 0.3) is 11.7 Å². The summed E-state index contributed by atoms with van der Waals surface area (Å²) in [5.74, 6) is -2.63. The second kappa shape index (κ2) is 9.72. The van der Waals surface area contributed by atoms with E-state index in [1.807, 2.05) is 6.92 Å². The average Bonchev–Trinajstić information content (AvgIpc) is 3.03. The number of unbranched alkanes of at least 4 members (excludes halogenated alkanes) is 2. The maximum absolute atomic E-state index is 13.9. The van der Waals surface area contributed by atoms with Crippen molar-refractivity contribution in [3.63, 3.8) is 0 Å². The molecule has 2 N–H and O–H groups in total. The summed E-state index contributed by atoms with van der Waals surface area (Å²) in [6, 6.07) is 7.09. The van der Waals surface area contributed by atoms with Gasteiger partial charge in [-0.2, -0.15) is 0 Å². The molecule has 0 aliphatic carbocycles. The SMILES string of the molecule is CCCCCN1C(=O)C(=O)/C(=C(/O)c2cc(F)ccc2OC)C1c1ccc(OC)c(O)c1. The Bertz CT molecular complexity index is 1060.